The van der Waals surface area contributed by atoms with Gasteiger partial charge in [0.1, 0.15) is 0 Å². The largest absolute Gasteiger partial charge is 0.352 e. The summed E-state index contributed by atoms with van der Waals surface area (Å²) in [4.78, 5) is 0. The standard InChI is InChI=1S/C18H20O2/c1-19-18(20-2)14-7-8-15(18)17-13-9-12(16(14)17)10-5-3-4-6-11(10)13/h3-8,12-17H,9H2,1-2H3/t12-,13-,14-,15-,16-,17-/m0/s1. The van der Waals surface area contributed by atoms with Crippen LogP contribution in [-0.4, -0.2) is 20.0 Å². The van der Waals surface area contributed by atoms with Crippen LogP contribution in [-0.2, 0) is 9.47 Å². The Morgan fingerprint density at radius 3 is 1.85 bits per heavy atom. The normalized spacial score (nSPS) is 44.9. The maximum Gasteiger partial charge on any atom is 0.180 e. The van der Waals surface area contributed by atoms with E-state index in [0.717, 1.165) is 0 Å². The highest BCUT2D eigenvalue weighted by Gasteiger charge is 2.70. The molecule has 0 amide bonds. The fourth-order valence-electron chi connectivity index (χ4n) is 6.11. The monoisotopic (exact) mass is 268 g/mol. The lowest BCUT2D eigenvalue weighted by Crippen LogP contribution is -2.41. The molecule has 4 bridgehead atoms. The summed E-state index contributed by atoms with van der Waals surface area (Å²) in [5.74, 6) is 3.31. The maximum atomic E-state index is 5.91. The van der Waals surface area contributed by atoms with Crippen LogP contribution in [0, 0.1) is 23.7 Å². The Balaban J connectivity index is 1.66. The smallest absolute Gasteiger partial charge is 0.180 e. The average molecular weight is 268 g/mol. The first-order chi connectivity index (χ1) is 9.81. The Hall–Kier alpha value is -1.12. The van der Waals surface area contributed by atoms with E-state index < -0.39 is 5.79 Å². The lowest BCUT2D eigenvalue weighted by atomic mass is 9.71. The van der Waals surface area contributed by atoms with Gasteiger partial charge in [-0.2, -0.15) is 0 Å². The zero-order valence-electron chi connectivity index (χ0n) is 12.0. The van der Waals surface area contributed by atoms with E-state index in [1.807, 2.05) is 14.2 Å². The summed E-state index contributed by atoms with van der Waals surface area (Å²) in [6, 6.07) is 9.06. The molecule has 104 valence electrons. The van der Waals surface area contributed by atoms with Crippen LogP contribution in [0.1, 0.15) is 29.4 Å². The Kier molecular flexibility index (Phi) is 2.05. The molecule has 5 rings (SSSR count). The Bertz CT molecular complexity index is 554. The van der Waals surface area contributed by atoms with Crippen molar-refractivity contribution in [1.29, 1.82) is 0 Å². The zero-order valence-corrected chi connectivity index (χ0v) is 12.0. The minimum atomic E-state index is -0.395. The van der Waals surface area contributed by atoms with Crippen LogP contribution in [0.25, 0.3) is 0 Å². The Labute approximate surface area is 119 Å². The SMILES string of the molecule is COC1(OC)[C@H]2C=C[C@H]1[C@H]1[C@H]2[C@H]2C[C@H]1c1ccccc12. The van der Waals surface area contributed by atoms with Crippen LogP contribution >= 0.6 is 0 Å². The van der Waals surface area contributed by atoms with Gasteiger partial charge in [-0.3, -0.25) is 0 Å². The molecule has 0 spiro atoms. The van der Waals surface area contributed by atoms with E-state index in [4.69, 9.17) is 9.47 Å². The molecule has 0 heterocycles. The minimum absolute atomic E-state index is 0.395. The molecule has 0 radical (unpaired) electrons. The topological polar surface area (TPSA) is 18.5 Å². The number of hydrogen-bond donors (Lipinski definition) is 0. The van der Waals surface area contributed by atoms with Crippen molar-refractivity contribution in [3.05, 3.63) is 47.5 Å². The molecule has 1 aromatic rings. The predicted octanol–water partition coefficient (Wildman–Crippen LogP) is 3.31. The quantitative estimate of drug-likeness (QED) is 0.465. The Morgan fingerprint density at radius 2 is 1.40 bits per heavy atom. The molecule has 0 saturated heterocycles. The fourth-order valence-corrected chi connectivity index (χ4v) is 6.11. The van der Waals surface area contributed by atoms with E-state index in [9.17, 15) is 0 Å². The number of hydrogen-bond acceptors (Lipinski definition) is 2. The highest BCUT2D eigenvalue weighted by Crippen LogP contribution is 2.72. The molecule has 0 aromatic heterocycles. The third-order valence-electron chi connectivity index (χ3n) is 6.60. The molecular weight excluding hydrogens is 248 g/mol. The lowest BCUT2D eigenvalue weighted by Gasteiger charge is -2.33. The molecule has 2 heteroatoms. The van der Waals surface area contributed by atoms with Gasteiger partial charge in [-0.25, -0.2) is 0 Å². The van der Waals surface area contributed by atoms with Gasteiger partial charge in [0.25, 0.3) is 0 Å². The van der Waals surface area contributed by atoms with Gasteiger partial charge in [0, 0.05) is 26.1 Å². The Morgan fingerprint density at radius 1 is 0.900 bits per heavy atom. The summed E-state index contributed by atoms with van der Waals surface area (Å²) in [7, 11) is 3.62. The van der Waals surface area contributed by atoms with Crippen LogP contribution in [0.3, 0.4) is 0 Å². The molecular formula is C18H20O2. The van der Waals surface area contributed by atoms with Crippen molar-refractivity contribution in [1.82, 2.24) is 0 Å². The van der Waals surface area contributed by atoms with Crippen LogP contribution in [0.4, 0.5) is 0 Å². The first-order valence-electron chi connectivity index (χ1n) is 7.69. The molecule has 2 fully saturated rings. The van der Waals surface area contributed by atoms with Gasteiger partial charge in [-0.05, 0) is 41.2 Å². The molecule has 2 nitrogen and oxygen atoms in total. The van der Waals surface area contributed by atoms with Crippen LogP contribution in [0.2, 0.25) is 0 Å². The van der Waals surface area contributed by atoms with Crippen molar-refractivity contribution in [3.8, 4) is 0 Å². The summed E-state index contributed by atoms with van der Waals surface area (Å²) >= 11 is 0. The molecule has 2 saturated carbocycles. The first kappa shape index (κ1) is 11.5. The molecule has 0 unspecified atom stereocenters. The highest BCUT2D eigenvalue weighted by atomic mass is 16.7. The van der Waals surface area contributed by atoms with Gasteiger partial charge in [-0.1, -0.05) is 36.4 Å². The van der Waals surface area contributed by atoms with E-state index in [-0.39, 0.29) is 0 Å². The van der Waals surface area contributed by atoms with Crippen LogP contribution in [0.15, 0.2) is 36.4 Å². The number of fused-ring (bicyclic) bond motifs is 12. The van der Waals surface area contributed by atoms with E-state index in [0.29, 0.717) is 35.5 Å². The number of benzene rings is 1. The van der Waals surface area contributed by atoms with Gasteiger partial charge in [0.2, 0.25) is 0 Å². The van der Waals surface area contributed by atoms with Crippen molar-refractivity contribution in [2.24, 2.45) is 23.7 Å². The second-order valence-corrected chi connectivity index (χ2v) is 6.80. The van der Waals surface area contributed by atoms with E-state index >= 15 is 0 Å². The van der Waals surface area contributed by atoms with Gasteiger partial charge in [0.15, 0.2) is 5.79 Å². The van der Waals surface area contributed by atoms with E-state index in [1.165, 1.54) is 6.42 Å². The predicted molar refractivity (Wildman–Crippen MR) is 76.4 cm³/mol. The molecule has 4 aliphatic rings. The third kappa shape index (κ3) is 1.01. The van der Waals surface area contributed by atoms with Crippen molar-refractivity contribution in [2.45, 2.75) is 24.0 Å². The van der Waals surface area contributed by atoms with E-state index in [2.05, 4.69) is 36.4 Å². The highest BCUT2D eigenvalue weighted by molar-refractivity contribution is 5.47. The number of ether oxygens (including phenoxy) is 2. The lowest BCUT2D eigenvalue weighted by molar-refractivity contribution is -0.235. The van der Waals surface area contributed by atoms with Crippen molar-refractivity contribution >= 4 is 0 Å². The van der Waals surface area contributed by atoms with Crippen molar-refractivity contribution < 1.29 is 9.47 Å². The molecule has 1 aromatic carbocycles. The first-order valence-corrected chi connectivity index (χ1v) is 7.69. The number of methoxy groups -OCH3 is 2. The minimum Gasteiger partial charge on any atom is -0.352 e. The zero-order chi connectivity index (χ0) is 13.5. The van der Waals surface area contributed by atoms with Gasteiger partial charge < -0.3 is 9.47 Å². The summed E-state index contributed by atoms with van der Waals surface area (Å²) in [5.41, 5.74) is 3.20. The van der Waals surface area contributed by atoms with Gasteiger partial charge >= 0.3 is 0 Å². The average Bonchev–Trinajstić information content (AvgIpc) is 3.22. The van der Waals surface area contributed by atoms with Crippen LogP contribution < -0.4 is 0 Å². The van der Waals surface area contributed by atoms with Gasteiger partial charge in [-0.15, -0.1) is 0 Å². The molecule has 0 N–H and O–H groups in total. The molecule has 20 heavy (non-hydrogen) atoms. The summed E-state index contributed by atoms with van der Waals surface area (Å²) in [5, 5.41) is 0. The molecule has 4 aliphatic carbocycles. The van der Waals surface area contributed by atoms with Crippen molar-refractivity contribution in [3.63, 3.8) is 0 Å². The molecule has 0 aliphatic heterocycles. The second-order valence-electron chi connectivity index (χ2n) is 6.80. The number of rotatable bonds is 2. The maximum absolute atomic E-state index is 5.91. The summed E-state index contributed by atoms with van der Waals surface area (Å²) < 4.78 is 11.8. The van der Waals surface area contributed by atoms with Crippen molar-refractivity contribution in [2.75, 3.05) is 14.2 Å². The summed E-state index contributed by atoms with van der Waals surface area (Å²) in [6.07, 6.45) is 6.07. The summed E-state index contributed by atoms with van der Waals surface area (Å²) in [6.45, 7) is 0. The fraction of sp³-hybridized carbons (Fsp3) is 0.556. The van der Waals surface area contributed by atoms with Crippen LogP contribution in [0.5, 0.6) is 0 Å². The second kappa shape index (κ2) is 3.55. The van der Waals surface area contributed by atoms with Gasteiger partial charge in [0.05, 0.1) is 0 Å². The molecule has 6 atom stereocenters. The van der Waals surface area contributed by atoms with E-state index in [1.54, 1.807) is 11.1 Å². The third-order valence-corrected chi connectivity index (χ3v) is 6.60.